The third-order valence-corrected chi connectivity index (χ3v) is 6.49. The first-order valence-electron chi connectivity index (χ1n) is 10.5. The van der Waals surface area contributed by atoms with Crippen molar-refractivity contribution in [3.63, 3.8) is 0 Å². The van der Waals surface area contributed by atoms with Gasteiger partial charge in [0.1, 0.15) is 0 Å². The van der Waals surface area contributed by atoms with Crippen LogP contribution in [0.25, 0.3) is 33.4 Å². The molecule has 0 fully saturated rings. The summed E-state index contributed by atoms with van der Waals surface area (Å²) in [5, 5.41) is 0. The Morgan fingerprint density at radius 2 is 0.892 bits per heavy atom. The van der Waals surface area contributed by atoms with E-state index in [0.29, 0.717) is 5.56 Å². The lowest BCUT2D eigenvalue weighted by Gasteiger charge is -2.13. The minimum Gasteiger partial charge on any atom is -0.282 e. The van der Waals surface area contributed by atoms with Crippen LogP contribution in [0.4, 0.5) is 32.6 Å². The van der Waals surface area contributed by atoms with Gasteiger partial charge in [0.05, 0.1) is 11.4 Å². The fraction of sp³-hybridized carbons (Fsp3) is 0. The smallest absolute Gasteiger partial charge is 0.222 e. The van der Waals surface area contributed by atoms with Gasteiger partial charge in [-0.1, -0.05) is 36.4 Å². The van der Waals surface area contributed by atoms with E-state index >= 15 is 0 Å². The standard InChI is InChI=1S/C24H19F4N3O3S3/c25-35(32)29-22-7-1-16(2-8-22)19-13-20(17-3-9-23(10-4-17)30-36(26)33)15-21(14-19)18-5-11-24(12-6-18)31-37(27,28)34/h1-15,35-37H,(H,31,34). The van der Waals surface area contributed by atoms with Crippen LogP contribution in [0, 0.1) is 0 Å². The van der Waals surface area contributed by atoms with Crippen molar-refractivity contribution in [3.05, 3.63) is 91.0 Å². The minimum atomic E-state index is -5.45. The maximum atomic E-state index is 12.9. The molecule has 0 saturated heterocycles. The van der Waals surface area contributed by atoms with E-state index in [1.807, 2.05) is 18.2 Å². The van der Waals surface area contributed by atoms with Crippen molar-refractivity contribution >= 4 is 49.9 Å². The summed E-state index contributed by atoms with van der Waals surface area (Å²) in [7, 11) is -11.8. The summed E-state index contributed by atoms with van der Waals surface area (Å²) in [4.78, 5) is 0. The molecule has 13 heteroatoms. The van der Waals surface area contributed by atoms with Crippen LogP contribution >= 0.6 is 0 Å². The molecule has 4 aromatic carbocycles. The molecule has 2 unspecified atom stereocenters. The van der Waals surface area contributed by atoms with Crippen molar-refractivity contribution < 1.29 is 28.2 Å². The van der Waals surface area contributed by atoms with E-state index in [1.54, 1.807) is 41.1 Å². The fourth-order valence-corrected chi connectivity index (χ4v) is 4.72. The van der Waals surface area contributed by atoms with Crippen molar-refractivity contribution in [1.29, 1.82) is 0 Å². The lowest BCUT2D eigenvalue weighted by molar-refractivity contribution is 0.581. The highest BCUT2D eigenvalue weighted by atomic mass is 32.3. The minimum absolute atomic E-state index is 0.00420. The summed E-state index contributed by atoms with van der Waals surface area (Å²) in [5.41, 5.74) is 4.84. The maximum absolute atomic E-state index is 12.9. The SMILES string of the molecule is O=[SH](/F)=N/c1ccc(-c2cc(-c3ccc(/N=[SH](=O)/F)cc3)cc(-c3ccc(N[SH](=O)(F)F)cc3)c2)cc1. The van der Waals surface area contributed by atoms with E-state index in [1.165, 1.54) is 36.4 Å². The largest absolute Gasteiger partial charge is 0.282 e. The van der Waals surface area contributed by atoms with Gasteiger partial charge in [0.2, 0.25) is 10.9 Å². The van der Waals surface area contributed by atoms with E-state index in [2.05, 4.69) is 8.73 Å². The molecular formula is C24H19F4N3O3S3. The van der Waals surface area contributed by atoms with E-state index < -0.39 is 32.9 Å². The lowest BCUT2D eigenvalue weighted by Crippen LogP contribution is -2.08. The van der Waals surface area contributed by atoms with E-state index in [0.717, 1.165) is 27.8 Å². The quantitative estimate of drug-likeness (QED) is 0.108. The molecule has 0 amide bonds. The highest BCUT2D eigenvalue weighted by molar-refractivity contribution is 7.94. The first kappa shape index (κ1) is 26.5. The molecule has 4 aromatic rings. The van der Waals surface area contributed by atoms with Gasteiger partial charge in [-0.3, -0.25) is 4.72 Å². The van der Waals surface area contributed by atoms with E-state index in [-0.39, 0.29) is 17.1 Å². The molecule has 6 nitrogen and oxygen atoms in total. The molecule has 1 N–H and O–H groups in total. The van der Waals surface area contributed by atoms with Crippen LogP contribution < -0.4 is 4.72 Å². The molecule has 0 radical (unpaired) electrons. The van der Waals surface area contributed by atoms with Crippen LogP contribution in [0.5, 0.6) is 0 Å². The molecule has 194 valence electrons. The Kier molecular flexibility index (Phi) is 8.05. The number of hydrogen-bond donors (Lipinski definition) is 4. The van der Waals surface area contributed by atoms with Gasteiger partial charge in [0.25, 0.3) is 0 Å². The monoisotopic (exact) mass is 569 g/mol. The summed E-state index contributed by atoms with van der Waals surface area (Å²) < 4.78 is 92.0. The van der Waals surface area contributed by atoms with E-state index in [4.69, 9.17) is 0 Å². The molecule has 0 heterocycles. The molecule has 0 bridgehead atoms. The lowest BCUT2D eigenvalue weighted by atomic mass is 9.93. The summed E-state index contributed by atoms with van der Waals surface area (Å²) in [6.45, 7) is 0. The third-order valence-electron chi connectivity index (χ3n) is 5.20. The maximum Gasteiger partial charge on any atom is 0.222 e. The van der Waals surface area contributed by atoms with Crippen LogP contribution in [0.2, 0.25) is 0 Å². The zero-order chi connectivity index (χ0) is 26.6. The Morgan fingerprint density at radius 1 is 0.568 bits per heavy atom. The van der Waals surface area contributed by atoms with Gasteiger partial charge < -0.3 is 0 Å². The Balaban J connectivity index is 1.79. The number of nitrogens with one attached hydrogen (secondary N) is 1. The molecule has 37 heavy (non-hydrogen) atoms. The molecule has 0 spiro atoms. The number of nitrogens with zero attached hydrogens (tertiary/aromatic N) is 2. The van der Waals surface area contributed by atoms with Crippen LogP contribution in [0.1, 0.15) is 0 Å². The normalized spacial score (nSPS) is 13.8. The van der Waals surface area contributed by atoms with Crippen LogP contribution in [0.3, 0.4) is 0 Å². The predicted octanol–water partition coefficient (Wildman–Crippen LogP) is 7.16. The second-order valence-electron chi connectivity index (χ2n) is 7.70. The van der Waals surface area contributed by atoms with Crippen LogP contribution in [0.15, 0.2) is 99.7 Å². The number of anilines is 1. The van der Waals surface area contributed by atoms with Crippen molar-refractivity contribution in [2.75, 3.05) is 4.72 Å². The van der Waals surface area contributed by atoms with Gasteiger partial charge in [-0.25, -0.2) is 12.6 Å². The number of rotatable bonds is 7. The van der Waals surface area contributed by atoms with Crippen molar-refractivity contribution in [1.82, 2.24) is 0 Å². The van der Waals surface area contributed by atoms with Gasteiger partial charge in [0.15, 0.2) is 22.0 Å². The molecule has 0 aliphatic heterocycles. The first-order valence-corrected chi connectivity index (χ1v) is 14.2. The molecule has 4 rings (SSSR count). The summed E-state index contributed by atoms with van der Waals surface area (Å²) >= 11 is 0. The van der Waals surface area contributed by atoms with Gasteiger partial charge in [-0.15, -0.1) is 15.5 Å². The second-order valence-corrected chi connectivity index (χ2v) is 10.1. The Bertz CT molecular complexity index is 1560. The zero-order valence-electron chi connectivity index (χ0n) is 18.6. The predicted molar refractivity (Wildman–Crippen MR) is 144 cm³/mol. The number of halogens is 4. The molecular weight excluding hydrogens is 550 g/mol. The molecule has 2 atom stereocenters. The van der Waals surface area contributed by atoms with Crippen molar-refractivity contribution in [2.45, 2.75) is 0 Å². The van der Waals surface area contributed by atoms with Crippen LogP contribution in [-0.2, 0) is 32.9 Å². The number of hydrogen-bond acceptors (Lipinski definition) is 5. The van der Waals surface area contributed by atoms with Crippen molar-refractivity contribution in [2.24, 2.45) is 8.73 Å². The van der Waals surface area contributed by atoms with Crippen molar-refractivity contribution in [3.8, 4) is 33.4 Å². The van der Waals surface area contributed by atoms with Gasteiger partial charge >= 0.3 is 0 Å². The molecule has 0 saturated carbocycles. The van der Waals surface area contributed by atoms with Gasteiger partial charge in [-0.05, 0) is 88.0 Å². The number of benzene rings is 4. The fourth-order valence-electron chi connectivity index (χ4n) is 3.64. The first-order chi connectivity index (χ1) is 17.6. The van der Waals surface area contributed by atoms with Gasteiger partial charge in [-0.2, -0.15) is 8.73 Å². The summed E-state index contributed by atoms with van der Waals surface area (Å²) in [6.07, 6.45) is 0. The summed E-state index contributed by atoms with van der Waals surface area (Å²) in [5.74, 6) is 0. The topological polar surface area (TPSA) is 88.0 Å². The molecule has 0 aliphatic carbocycles. The average molecular weight is 570 g/mol. The third kappa shape index (κ3) is 7.47. The Labute approximate surface area is 215 Å². The Morgan fingerprint density at radius 3 is 1.19 bits per heavy atom. The zero-order valence-corrected chi connectivity index (χ0v) is 21.3. The summed E-state index contributed by atoms with van der Waals surface area (Å²) in [6, 6.07) is 24.4. The van der Waals surface area contributed by atoms with E-state index in [9.17, 15) is 28.2 Å². The highest BCUT2D eigenvalue weighted by Gasteiger charge is 2.10. The molecule has 0 aromatic heterocycles. The second kappa shape index (κ2) is 11.2. The highest BCUT2D eigenvalue weighted by Crippen LogP contribution is 2.35. The van der Waals surface area contributed by atoms with Gasteiger partial charge in [0, 0.05) is 5.69 Å². The Hall–Kier alpha value is -3.55. The molecule has 0 aliphatic rings. The van der Waals surface area contributed by atoms with Crippen LogP contribution in [-0.4, -0.2) is 12.6 Å². The average Bonchev–Trinajstić information content (AvgIpc) is 2.83. The number of thiol groups is 3.